The largest absolute Gasteiger partial charge is 0.236 e. The zero-order valence-electron chi connectivity index (χ0n) is 28.1. The normalized spacial score (nSPS) is 13.5. The SMILES string of the molecule is c1ccc(-c2nc3ccc4ccc5ccc(-c6ccc7c(c6)C6(c8ccccc8-c8ccccc86)c6c-7ccc7ccccc67)cc5c4c3s2)cc1. The van der Waals surface area contributed by atoms with E-state index in [1.54, 1.807) is 11.3 Å². The molecule has 0 aliphatic heterocycles. The van der Waals surface area contributed by atoms with Crippen LogP contribution in [-0.2, 0) is 5.41 Å². The van der Waals surface area contributed by atoms with Crippen molar-refractivity contribution in [3.63, 3.8) is 0 Å². The first kappa shape index (κ1) is 28.4. The van der Waals surface area contributed by atoms with Crippen LogP contribution in [0.15, 0.2) is 176 Å². The van der Waals surface area contributed by atoms with Crippen LogP contribution in [0.3, 0.4) is 0 Å². The van der Waals surface area contributed by atoms with Crippen molar-refractivity contribution < 1.29 is 0 Å². The Labute approximate surface area is 305 Å². The van der Waals surface area contributed by atoms with Gasteiger partial charge in [-0.2, -0.15) is 0 Å². The standard InChI is InChI=1S/C50H29NS/c1-2-11-33(12-3-1)49-51-45-27-24-32-20-18-31-19-21-34(28-41(31)46(32)48(45)52-49)35-23-25-39-40-26-22-30-10-4-5-13-36(30)47(40)50(44(39)29-35)42-16-8-6-14-37(42)38-15-7-9-17-43(38)50/h1-29H. The Morgan fingerprint density at radius 1 is 0.404 bits per heavy atom. The van der Waals surface area contributed by atoms with Crippen LogP contribution in [0.5, 0.6) is 0 Å². The molecule has 9 aromatic carbocycles. The Hall–Kier alpha value is -6.35. The second-order valence-electron chi connectivity index (χ2n) is 14.2. The smallest absolute Gasteiger partial charge is 0.124 e. The number of hydrogen-bond donors (Lipinski definition) is 0. The fourth-order valence-electron chi connectivity index (χ4n) is 9.50. The van der Waals surface area contributed by atoms with Crippen LogP contribution >= 0.6 is 11.3 Å². The predicted molar refractivity (Wildman–Crippen MR) is 219 cm³/mol. The molecule has 12 rings (SSSR count). The highest BCUT2D eigenvalue weighted by molar-refractivity contribution is 7.22. The number of aromatic nitrogens is 1. The summed E-state index contributed by atoms with van der Waals surface area (Å²) in [5.74, 6) is 0. The summed E-state index contributed by atoms with van der Waals surface area (Å²) >= 11 is 1.79. The molecule has 0 saturated heterocycles. The van der Waals surface area contributed by atoms with Gasteiger partial charge in [0.05, 0.1) is 15.6 Å². The second kappa shape index (κ2) is 10.4. The summed E-state index contributed by atoms with van der Waals surface area (Å²) in [6.07, 6.45) is 0. The average Bonchev–Trinajstić information content (AvgIpc) is 3.88. The topological polar surface area (TPSA) is 12.9 Å². The molecule has 0 fully saturated rings. The van der Waals surface area contributed by atoms with E-state index in [4.69, 9.17) is 4.98 Å². The third kappa shape index (κ3) is 3.64. The molecule has 0 bridgehead atoms. The summed E-state index contributed by atoms with van der Waals surface area (Å²) in [7, 11) is 0. The molecule has 0 saturated carbocycles. The second-order valence-corrected chi connectivity index (χ2v) is 15.2. The maximum absolute atomic E-state index is 5.10. The lowest BCUT2D eigenvalue weighted by Crippen LogP contribution is -2.26. The summed E-state index contributed by atoms with van der Waals surface area (Å²) in [6, 6.07) is 65.5. The fraction of sp³-hybridized carbons (Fsp3) is 0.0200. The van der Waals surface area contributed by atoms with Crippen LogP contribution in [0.25, 0.3) is 86.5 Å². The molecule has 52 heavy (non-hydrogen) atoms. The summed E-state index contributed by atoms with van der Waals surface area (Å²) in [5.41, 5.74) is 15.1. The summed E-state index contributed by atoms with van der Waals surface area (Å²) in [6.45, 7) is 0. The first-order valence-electron chi connectivity index (χ1n) is 18.0. The van der Waals surface area contributed by atoms with Gasteiger partial charge in [-0.25, -0.2) is 4.98 Å². The fourth-order valence-corrected chi connectivity index (χ4v) is 10.6. The third-order valence-corrected chi connectivity index (χ3v) is 12.8. The third-order valence-electron chi connectivity index (χ3n) is 11.7. The molecule has 1 spiro atoms. The van der Waals surface area contributed by atoms with E-state index in [9.17, 15) is 0 Å². The molecular weight excluding hydrogens is 647 g/mol. The Bertz CT molecular complexity index is 3090. The lowest BCUT2D eigenvalue weighted by molar-refractivity contribution is 0.801. The van der Waals surface area contributed by atoms with Crippen molar-refractivity contribution >= 4 is 53.9 Å². The van der Waals surface area contributed by atoms with Crippen LogP contribution in [-0.4, -0.2) is 4.98 Å². The Morgan fingerprint density at radius 2 is 1.00 bits per heavy atom. The number of hydrogen-bond acceptors (Lipinski definition) is 2. The molecule has 2 aliphatic carbocycles. The maximum Gasteiger partial charge on any atom is 0.124 e. The van der Waals surface area contributed by atoms with Gasteiger partial charge in [0, 0.05) is 10.9 Å². The van der Waals surface area contributed by atoms with E-state index in [-0.39, 0.29) is 0 Å². The molecule has 1 aromatic heterocycles. The van der Waals surface area contributed by atoms with Gasteiger partial charge < -0.3 is 0 Å². The molecule has 10 aromatic rings. The van der Waals surface area contributed by atoms with Gasteiger partial charge in [0.25, 0.3) is 0 Å². The van der Waals surface area contributed by atoms with Crippen molar-refractivity contribution in [1.82, 2.24) is 4.98 Å². The molecule has 0 unspecified atom stereocenters. The summed E-state index contributed by atoms with van der Waals surface area (Å²) in [4.78, 5) is 5.10. The first-order chi connectivity index (χ1) is 25.8. The molecule has 1 heterocycles. The van der Waals surface area contributed by atoms with Crippen molar-refractivity contribution in [3.05, 3.63) is 198 Å². The molecule has 0 atom stereocenters. The molecule has 240 valence electrons. The number of nitrogens with zero attached hydrogens (tertiary/aromatic N) is 1. The summed E-state index contributed by atoms with van der Waals surface area (Å²) in [5, 5.41) is 8.70. The van der Waals surface area contributed by atoms with Gasteiger partial charge in [-0.3, -0.25) is 0 Å². The highest BCUT2D eigenvalue weighted by Gasteiger charge is 2.52. The van der Waals surface area contributed by atoms with Crippen LogP contribution in [0.4, 0.5) is 0 Å². The molecule has 0 N–H and O–H groups in total. The minimum absolute atomic E-state index is 0.416. The van der Waals surface area contributed by atoms with Crippen molar-refractivity contribution in [2.45, 2.75) is 5.41 Å². The minimum Gasteiger partial charge on any atom is -0.236 e. The van der Waals surface area contributed by atoms with E-state index in [2.05, 4.69) is 176 Å². The van der Waals surface area contributed by atoms with Gasteiger partial charge in [0.15, 0.2) is 0 Å². The molecule has 1 nitrogen and oxygen atoms in total. The predicted octanol–water partition coefficient (Wildman–Crippen LogP) is 13.4. The Kier molecular flexibility index (Phi) is 5.65. The van der Waals surface area contributed by atoms with Crippen molar-refractivity contribution in [3.8, 4) is 44.0 Å². The van der Waals surface area contributed by atoms with Gasteiger partial charge in [-0.05, 0) is 101 Å². The van der Waals surface area contributed by atoms with E-state index < -0.39 is 5.41 Å². The van der Waals surface area contributed by atoms with Gasteiger partial charge in [0.1, 0.15) is 5.01 Å². The van der Waals surface area contributed by atoms with Gasteiger partial charge >= 0.3 is 0 Å². The number of fused-ring (bicyclic) bond motifs is 17. The lowest BCUT2D eigenvalue weighted by atomic mass is 9.69. The zero-order chi connectivity index (χ0) is 34.0. The molecule has 0 amide bonds. The highest BCUT2D eigenvalue weighted by atomic mass is 32.1. The molecule has 0 radical (unpaired) electrons. The van der Waals surface area contributed by atoms with Crippen molar-refractivity contribution in [2.24, 2.45) is 0 Å². The Morgan fingerprint density at radius 3 is 1.85 bits per heavy atom. The Balaban J connectivity index is 1.13. The van der Waals surface area contributed by atoms with E-state index in [0.717, 1.165) is 16.1 Å². The first-order valence-corrected chi connectivity index (χ1v) is 18.8. The maximum atomic E-state index is 5.10. The van der Waals surface area contributed by atoms with Crippen molar-refractivity contribution in [1.29, 1.82) is 0 Å². The number of thiazole rings is 1. The van der Waals surface area contributed by atoms with E-state index in [0.29, 0.717) is 0 Å². The van der Waals surface area contributed by atoms with Crippen LogP contribution in [0, 0.1) is 0 Å². The van der Waals surface area contributed by atoms with Crippen LogP contribution < -0.4 is 0 Å². The minimum atomic E-state index is -0.416. The van der Waals surface area contributed by atoms with Crippen LogP contribution in [0.2, 0.25) is 0 Å². The quantitative estimate of drug-likeness (QED) is 0.166. The van der Waals surface area contributed by atoms with E-state index in [1.165, 1.54) is 92.7 Å². The highest BCUT2D eigenvalue weighted by Crippen LogP contribution is 2.64. The number of benzene rings is 9. The van der Waals surface area contributed by atoms with Gasteiger partial charge in [0.2, 0.25) is 0 Å². The zero-order valence-corrected chi connectivity index (χ0v) is 28.9. The molecule has 2 heteroatoms. The molecular formula is C50H29NS. The van der Waals surface area contributed by atoms with Gasteiger partial charge in [-0.1, -0.05) is 158 Å². The molecule has 2 aliphatic rings. The van der Waals surface area contributed by atoms with E-state index in [1.807, 2.05) is 0 Å². The van der Waals surface area contributed by atoms with Crippen LogP contribution in [0.1, 0.15) is 22.3 Å². The lowest BCUT2D eigenvalue weighted by Gasteiger charge is -2.31. The number of rotatable bonds is 2. The van der Waals surface area contributed by atoms with Gasteiger partial charge in [-0.15, -0.1) is 11.3 Å². The van der Waals surface area contributed by atoms with Crippen molar-refractivity contribution in [2.75, 3.05) is 0 Å². The van der Waals surface area contributed by atoms with E-state index >= 15 is 0 Å². The average molecular weight is 676 g/mol. The monoisotopic (exact) mass is 675 g/mol. The summed E-state index contributed by atoms with van der Waals surface area (Å²) < 4.78 is 1.24.